The lowest BCUT2D eigenvalue weighted by Crippen LogP contribution is -2.35. The second-order valence-corrected chi connectivity index (χ2v) is 3.45. The highest BCUT2D eigenvalue weighted by molar-refractivity contribution is 5.94. The lowest BCUT2D eigenvalue weighted by molar-refractivity contribution is -0.117. The van der Waals surface area contributed by atoms with Gasteiger partial charge < -0.3 is 11.1 Å². The molecule has 0 saturated carbocycles. The van der Waals surface area contributed by atoms with Gasteiger partial charge in [0.25, 0.3) is 0 Å². The van der Waals surface area contributed by atoms with Crippen LogP contribution in [0.15, 0.2) is 0 Å². The van der Waals surface area contributed by atoms with Crippen molar-refractivity contribution in [3.8, 4) is 0 Å². The van der Waals surface area contributed by atoms with Crippen LogP contribution in [0, 0.1) is 29.1 Å². The van der Waals surface area contributed by atoms with E-state index in [4.69, 9.17) is 5.73 Å². The van der Waals surface area contributed by atoms with Gasteiger partial charge in [-0.2, -0.15) is 0 Å². The summed E-state index contributed by atoms with van der Waals surface area (Å²) < 4.78 is 64.6. The van der Waals surface area contributed by atoms with Gasteiger partial charge in [-0.3, -0.25) is 4.79 Å². The molecule has 0 saturated heterocycles. The molecule has 3 nitrogen and oxygen atoms in total. The first kappa shape index (κ1) is 14.4. The van der Waals surface area contributed by atoms with Crippen molar-refractivity contribution in [2.24, 2.45) is 5.73 Å². The average Bonchev–Trinajstić information content (AvgIpc) is 2.37. The largest absolute Gasteiger partial charge is 0.320 e. The fourth-order valence-electron chi connectivity index (χ4n) is 1.12. The molecule has 0 aliphatic carbocycles. The van der Waals surface area contributed by atoms with Crippen LogP contribution in [-0.4, -0.2) is 11.9 Å². The van der Waals surface area contributed by atoms with Gasteiger partial charge in [-0.25, -0.2) is 22.0 Å². The molecule has 1 aromatic carbocycles. The third-order valence-electron chi connectivity index (χ3n) is 2.23. The second kappa shape index (κ2) is 5.30. The Morgan fingerprint density at radius 1 is 1.06 bits per heavy atom. The summed E-state index contributed by atoms with van der Waals surface area (Å²) in [6, 6.07) is -1.11. The van der Waals surface area contributed by atoms with Crippen LogP contribution < -0.4 is 11.1 Å². The molecule has 0 aromatic heterocycles. The molecule has 0 radical (unpaired) electrons. The number of amides is 1. The zero-order valence-electron chi connectivity index (χ0n) is 9.16. The molecule has 1 aromatic rings. The molecule has 0 aliphatic rings. The number of nitrogens with one attached hydrogen (secondary N) is 1. The van der Waals surface area contributed by atoms with Gasteiger partial charge in [-0.1, -0.05) is 6.92 Å². The minimum atomic E-state index is -2.29. The summed E-state index contributed by atoms with van der Waals surface area (Å²) in [5.41, 5.74) is 3.85. The van der Waals surface area contributed by atoms with Crippen LogP contribution in [0.1, 0.15) is 13.3 Å². The van der Waals surface area contributed by atoms with Crippen LogP contribution in [0.3, 0.4) is 0 Å². The number of hydrogen-bond donors (Lipinski definition) is 2. The van der Waals surface area contributed by atoms with Gasteiger partial charge in [0.15, 0.2) is 23.3 Å². The molecular weight excluding hydrogens is 259 g/mol. The maximum absolute atomic E-state index is 13.2. The highest BCUT2D eigenvalue weighted by Gasteiger charge is 2.27. The van der Waals surface area contributed by atoms with Crippen molar-refractivity contribution in [1.82, 2.24) is 0 Å². The zero-order valence-corrected chi connectivity index (χ0v) is 9.16. The number of hydrogen-bond acceptors (Lipinski definition) is 2. The lowest BCUT2D eigenvalue weighted by atomic mass is 10.2. The molecule has 0 aliphatic heterocycles. The molecule has 0 fully saturated rings. The number of carbonyl (C=O) groups is 1. The summed E-state index contributed by atoms with van der Waals surface area (Å²) in [7, 11) is 0. The van der Waals surface area contributed by atoms with Crippen molar-refractivity contribution < 1.29 is 26.7 Å². The molecule has 0 spiro atoms. The summed E-state index contributed by atoms with van der Waals surface area (Å²) in [6.07, 6.45) is 0.140. The van der Waals surface area contributed by atoms with Crippen LogP contribution >= 0.6 is 0 Å². The minimum absolute atomic E-state index is 0.140. The monoisotopic (exact) mass is 268 g/mol. The number of carbonyl (C=O) groups excluding carboxylic acids is 1. The summed E-state index contributed by atoms with van der Waals surface area (Å²) in [5.74, 6) is -11.8. The third kappa shape index (κ3) is 2.42. The molecule has 3 N–H and O–H groups in total. The van der Waals surface area contributed by atoms with Crippen LogP contribution in [-0.2, 0) is 4.79 Å². The number of rotatable bonds is 3. The maximum atomic E-state index is 13.2. The number of anilines is 1. The Kier molecular flexibility index (Phi) is 4.23. The van der Waals surface area contributed by atoms with Gasteiger partial charge in [0.1, 0.15) is 5.69 Å². The Balaban J connectivity index is 3.22. The highest BCUT2D eigenvalue weighted by Crippen LogP contribution is 2.27. The number of nitrogens with two attached hydrogens (primary N) is 1. The summed E-state index contributed by atoms with van der Waals surface area (Å²) in [5, 5.41) is 1.58. The van der Waals surface area contributed by atoms with Gasteiger partial charge in [0.2, 0.25) is 11.7 Å². The standard InChI is InChI=1S/C10H9F5N2O/c1-2-3(16)10(18)17-9-7(14)5(12)4(11)6(13)8(9)15/h3H,2,16H2,1H3,(H,17,18). The molecular formula is C10H9F5N2O. The normalized spacial score (nSPS) is 12.4. The first-order valence-electron chi connectivity index (χ1n) is 4.89. The van der Waals surface area contributed by atoms with Crippen molar-refractivity contribution in [3.63, 3.8) is 0 Å². The molecule has 100 valence electrons. The third-order valence-corrected chi connectivity index (χ3v) is 2.23. The Bertz CT molecular complexity index is 463. The van der Waals surface area contributed by atoms with Crippen molar-refractivity contribution in [3.05, 3.63) is 29.1 Å². The molecule has 1 unspecified atom stereocenters. The van der Waals surface area contributed by atoms with Crippen LogP contribution in [0.4, 0.5) is 27.6 Å². The van der Waals surface area contributed by atoms with Gasteiger partial charge in [-0.15, -0.1) is 0 Å². The first-order valence-corrected chi connectivity index (χ1v) is 4.89. The predicted octanol–water partition coefficient (Wildman–Crippen LogP) is 2.06. The van der Waals surface area contributed by atoms with Crippen LogP contribution in [0.5, 0.6) is 0 Å². The van der Waals surface area contributed by atoms with Crippen molar-refractivity contribution in [2.45, 2.75) is 19.4 Å². The predicted molar refractivity (Wildman–Crippen MR) is 53.1 cm³/mol. The fourth-order valence-corrected chi connectivity index (χ4v) is 1.12. The summed E-state index contributed by atoms with van der Waals surface area (Å²) in [4.78, 5) is 11.2. The van der Waals surface area contributed by atoms with E-state index in [9.17, 15) is 26.7 Å². The first-order chi connectivity index (χ1) is 8.31. The average molecular weight is 268 g/mol. The Labute approximate surface area is 98.8 Å². The van der Waals surface area contributed by atoms with Gasteiger partial charge in [0, 0.05) is 0 Å². The van der Waals surface area contributed by atoms with Crippen LogP contribution in [0.2, 0.25) is 0 Å². The van der Waals surface area contributed by atoms with E-state index in [1.54, 1.807) is 5.32 Å². The Morgan fingerprint density at radius 3 is 1.83 bits per heavy atom. The lowest BCUT2D eigenvalue weighted by Gasteiger charge is -2.12. The van der Waals surface area contributed by atoms with Crippen LogP contribution in [0.25, 0.3) is 0 Å². The smallest absolute Gasteiger partial charge is 0.241 e. The van der Waals surface area contributed by atoms with Gasteiger partial charge in [-0.05, 0) is 6.42 Å². The van der Waals surface area contributed by atoms with Crippen molar-refractivity contribution in [2.75, 3.05) is 5.32 Å². The Morgan fingerprint density at radius 2 is 1.44 bits per heavy atom. The second-order valence-electron chi connectivity index (χ2n) is 3.45. The quantitative estimate of drug-likeness (QED) is 0.501. The Hall–Kier alpha value is -1.70. The molecule has 0 heterocycles. The van der Waals surface area contributed by atoms with E-state index in [0.717, 1.165) is 0 Å². The zero-order chi connectivity index (χ0) is 14.0. The molecule has 1 atom stereocenters. The van der Waals surface area contributed by atoms with Crippen molar-refractivity contribution in [1.29, 1.82) is 0 Å². The molecule has 18 heavy (non-hydrogen) atoms. The summed E-state index contributed by atoms with van der Waals surface area (Å²) in [6.45, 7) is 1.52. The summed E-state index contributed by atoms with van der Waals surface area (Å²) >= 11 is 0. The fraction of sp³-hybridized carbons (Fsp3) is 0.300. The van der Waals surface area contributed by atoms with E-state index in [1.807, 2.05) is 0 Å². The van der Waals surface area contributed by atoms with E-state index in [0.29, 0.717) is 0 Å². The topological polar surface area (TPSA) is 55.1 Å². The highest BCUT2D eigenvalue weighted by atomic mass is 19.2. The van der Waals surface area contributed by atoms with Gasteiger partial charge in [0.05, 0.1) is 6.04 Å². The van der Waals surface area contributed by atoms with E-state index in [1.165, 1.54) is 6.92 Å². The molecule has 1 rings (SSSR count). The van der Waals surface area contributed by atoms with Gasteiger partial charge >= 0.3 is 0 Å². The molecule has 1 amide bonds. The minimum Gasteiger partial charge on any atom is -0.320 e. The number of benzene rings is 1. The molecule has 8 heteroatoms. The maximum Gasteiger partial charge on any atom is 0.241 e. The SMILES string of the molecule is CCC(N)C(=O)Nc1c(F)c(F)c(F)c(F)c1F. The van der Waals surface area contributed by atoms with E-state index in [-0.39, 0.29) is 6.42 Å². The van der Waals surface area contributed by atoms with E-state index >= 15 is 0 Å². The van der Waals surface area contributed by atoms with Crippen molar-refractivity contribution >= 4 is 11.6 Å². The van der Waals surface area contributed by atoms with E-state index < -0.39 is 46.7 Å². The molecule has 0 bridgehead atoms. The van der Waals surface area contributed by atoms with E-state index in [2.05, 4.69) is 0 Å². The number of halogens is 5.